The molecule has 6 heteroatoms. The van der Waals surface area contributed by atoms with E-state index in [1.54, 1.807) is 36.4 Å². The standard InChI is InChI=1S/C26H24N2O4/c1-18-6-3-4-7-21(18)12-15-25(30)28-23-13-10-20(11-14-23)17-27-26(31)22-8-5-9-24(16-22)32-19(2)29/h3-16H,17H2,1-2H3,(H,27,31)(H,28,30)/b15-12+. The van der Waals surface area contributed by atoms with Crippen molar-refractivity contribution in [1.82, 2.24) is 5.32 Å². The van der Waals surface area contributed by atoms with Crippen LogP contribution in [-0.4, -0.2) is 17.8 Å². The Labute approximate surface area is 186 Å². The number of hydrogen-bond acceptors (Lipinski definition) is 4. The maximum atomic E-state index is 12.4. The Balaban J connectivity index is 1.52. The van der Waals surface area contributed by atoms with E-state index in [-0.39, 0.29) is 11.8 Å². The lowest BCUT2D eigenvalue weighted by molar-refractivity contribution is -0.131. The third-order valence-corrected chi connectivity index (χ3v) is 4.64. The first-order valence-electron chi connectivity index (χ1n) is 10.1. The van der Waals surface area contributed by atoms with Crippen LogP contribution in [0.25, 0.3) is 6.08 Å². The molecule has 0 radical (unpaired) electrons. The van der Waals surface area contributed by atoms with Crippen molar-refractivity contribution in [2.45, 2.75) is 20.4 Å². The highest BCUT2D eigenvalue weighted by Gasteiger charge is 2.08. The molecule has 0 aromatic heterocycles. The van der Waals surface area contributed by atoms with Crippen molar-refractivity contribution < 1.29 is 19.1 Å². The molecule has 0 saturated heterocycles. The molecule has 2 N–H and O–H groups in total. The molecule has 0 aliphatic rings. The van der Waals surface area contributed by atoms with Gasteiger partial charge in [0.15, 0.2) is 0 Å². The van der Waals surface area contributed by atoms with E-state index >= 15 is 0 Å². The summed E-state index contributed by atoms with van der Waals surface area (Å²) in [6.07, 6.45) is 3.28. The van der Waals surface area contributed by atoms with E-state index in [0.29, 0.717) is 23.5 Å². The van der Waals surface area contributed by atoms with Crippen LogP contribution in [0.4, 0.5) is 5.69 Å². The third-order valence-electron chi connectivity index (χ3n) is 4.64. The number of nitrogens with one attached hydrogen (secondary N) is 2. The fourth-order valence-electron chi connectivity index (χ4n) is 2.98. The lowest BCUT2D eigenvalue weighted by Crippen LogP contribution is -2.22. The number of anilines is 1. The van der Waals surface area contributed by atoms with E-state index in [0.717, 1.165) is 16.7 Å². The maximum Gasteiger partial charge on any atom is 0.308 e. The van der Waals surface area contributed by atoms with E-state index < -0.39 is 5.97 Å². The molecule has 2 amide bonds. The Kier molecular flexibility index (Phi) is 7.54. The minimum atomic E-state index is -0.444. The van der Waals surface area contributed by atoms with Crippen molar-refractivity contribution in [3.8, 4) is 5.75 Å². The normalized spacial score (nSPS) is 10.6. The molecule has 0 atom stereocenters. The van der Waals surface area contributed by atoms with Gasteiger partial charge in [-0.2, -0.15) is 0 Å². The Bertz CT molecular complexity index is 1150. The smallest absolute Gasteiger partial charge is 0.308 e. The van der Waals surface area contributed by atoms with Crippen molar-refractivity contribution in [2.75, 3.05) is 5.32 Å². The van der Waals surface area contributed by atoms with Gasteiger partial charge >= 0.3 is 5.97 Å². The molecule has 0 spiro atoms. The number of aryl methyl sites for hydroxylation is 1. The predicted molar refractivity (Wildman–Crippen MR) is 124 cm³/mol. The van der Waals surface area contributed by atoms with Crippen molar-refractivity contribution in [3.05, 3.63) is 101 Å². The Hall–Kier alpha value is -4.19. The second-order valence-corrected chi connectivity index (χ2v) is 7.18. The molecule has 0 heterocycles. The van der Waals surface area contributed by atoms with Crippen molar-refractivity contribution in [3.63, 3.8) is 0 Å². The van der Waals surface area contributed by atoms with Crippen LogP contribution in [-0.2, 0) is 16.1 Å². The summed E-state index contributed by atoms with van der Waals surface area (Å²) in [5.41, 5.74) is 4.03. The van der Waals surface area contributed by atoms with Gasteiger partial charge in [-0.15, -0.1) is 0 Å². The van der Waals surface area contributed by atoms with Crippen LogP contribution in [0.5, 0.6) is 5.75 Å². The van der Waals surface area contributed by atoms with Crippen LogP contribution in [0.2, 0.25) is 0 Å². The summed E-state index contributed by atoms with van der Waals surface area (Å²) in [5.74, 6) is -0.623. The first kappa shape index (κ1) is 22.5. The third kappa shape index (κ3) is 6.67. The number of rotatable bonds is 7. The fraction of sp³-hybridized carbons (Fsp3) is 0.115. The molecule has 0 aliphatic heterocycles. The molecular weight excluding hydrogens is 404 g/mol. The molecule has 162 valence electrons. The van der Waals surface area contributed by atoms with E-state index in [2.05, 4.69) is 10.6 Å². The van der Waals surface area contributed by atoms with Gasteiger partial charge in [0, 0.05) is 30.8 Å². The van der Waals surface area contributed by atoms with Crippen LogP contribution in [0, 0.1) is 6.92 Å². The van der Waals surface area contributed by atoms with Crippen molar-refractivity contribution >= 4 is 29.5 Å². The summed E-state index contributed by atoms with van der Waals surface area (Å²) >= 11 is 0. The lowest BCUT2D eigenvalue weighted by atomic mass is 10.1. The fourth-order valence-corrected chi connectivity index (χ4v) is 2.98. The van der Waals surface area contributed by atoms with E-state index in [1.165, 1.54) is 19.1 Å². The highest BCUT2D eigenvalue weighted by molar-refractivity contribution is 6.02. The molecular formula is C26H24N2O4. The van der Waals surface area contributed by atoms with Gasteiger partial charge in [-0.25, -0.2) is 0 Å². The monoisotopic (exact) mass is 428 g/mol. The number of amides is 2. The van der Waals surface area contributed by atoms with Gasteiger partial charge in [0.2, 0.25) is 5.91 Å². The molecule has 0 fully saturated rings. The average Bonchev–Trinajstić information content (AvgIpc) is 2.77. The van der Waals surface area contributed by atoms with Crippen LogP contribution < -0.4 is 15.4 Å². The van der Waals surface area contributed by atoms with Gasteiger partial charge in [-0.05, 0) is 60.0 Å². The Morgan fingerprint density at radius 2 is 1.69 bits per heavy atom. The lowest BCUT2D eigenvalue weighted by Gasteiger charge is -2.08. The van der Waals surface area contributed by atoms with Crippen LogP contribution >= 0.6 is 0 Å². The summed E-state index contributed by atoms with van der Waals surface area (Å²) in [5, 5.41) is 5.64. The second-order valence-electron chi connectivity index (χ2n) is 7.18. The number of benzene rings is 3. The summed E-state index contributed by atoms with van der Waals surface area (Å²) in [4.78, 5) is 35.6. The molecule has 3 rings (SSSR count). The molecule has 0 saturated carbocycles. The van der Waals surface area contributed by atoms with E-state index in [9.17, 15) is 14.4 Å². The van der Waals surface area contributed by atoms with Gasteiger partial charge in [0.05, 0.1) is 0 Å². The number of carbonyl (C=O) groups excluding carboxylic acids is 3. The summed E-state index contributed by atoms with van der Waals surface area (Å²) in [6.45, 7) is 3.61. The summed E-state index contributed by atoms with van der Waals surface area (Å²) in [6, 6.07) is 21.5. The van der Waals surface area contributed by atoms with Gasteiger partial charge in [-0.3, -0.25) is 14.4 Å². The van der Waals surface area contributed by atoms with E-state index in [1.807, 2.05) is 43.3 Å². The molecule has 0 bridgehead atoms. The summed E-state index contributed by atoms with van der Waals surface area (Å²) < 4.78 is 5.00. The molecule has 0 aliphatic carbocycles. The predicted octanol–water partition coefficient (Wildman–Crippen LogP) is 4.50. The molecule has 6 nitrogen and oxygen atoms in total. The van der Waals surface area contributed by atoms with Gasteiger partial charge < -0.3 is 15.4 Å². The van der Waals surface area contributed by atoms with Crippen LogP contribution in [0.3, 0.4) is 0 Å². The van der Waals surface area contributed by atoms with Gasteiger partial charge in [0.1, 0.15) is 5.75 Å². The minimum Gasteiger partial charge on any atom is -0.427 e. The molecule has 3 aromatic rings. The second kappa shape index (κ2) is 10.7. The van der Waals surface area contributed by atoms with Gasteiger partial charge in [0.25, 0.3) is 5.91 Å². The SMILES string of the molecule is CC(=O)Oc1cccc(C(=O)NCc2ccc(NC(=O)/C=C/c3ccccc3C)cc2)c1. The highest BCUT2D eigenvalue weighted by Crippen LogP contribution is 2.15. The molecule has 3 aromatic carbocycles. The zero-order chi connectivity index (χ0) is 22.9. The Morgan fingerprint density at radius 1 is 0.938 bits per heavy atom. The number of hydrogen-bond donors (Lipinski definition) is 2. The van der Waals surface area contributed by atoms with E-state index in [4.69, 9.17) is 4.74 Å². The number of esters is 1. The first-order valence-corrected chi connectivity index (χ1v) is 10.1. The van der Waals surface area contributed by atoms with Crippen LogP contribution in [0.15, 0.2) is 78.9 Å². The van der Waals surface area contributed by atoms with Gasteiger partial charge in [-0.1, -0.05) is 42.5 Å². The minimum absolute atomic E-state index is 0.220. The number of carbonyl (C=O) groups is 3. The van der Waals surface area contributed by atoms with Crippen molar-refractivity contribution in [2.24, 2.45) is 0 Å². The quantitative estimate of drug-likeness (QED) is 0.330. The average molecular weight is 428 g/mol. The molecule has 0 unspecified atom stereocenters. The first-order chi connectivity index (χ1) is 15.4. The highest BCUT2D eigenvalue weighted by atomic mass is 16.5. The maximum absolute atomic E-state index is 12.4. The topological polar surface area (TPSA) is 84.5 Å². The zero-order valence-corrected chi connectivity index (χ0v) is 17.9. The molecule has 32 heavy (non-hydrogen) atoms. The van der Waals surface area contributed by atoms with Crippen molar-refractivity contribution in [1.29, 1.82) is 0 Å². The zero-order valence-electron chi connectivity index (χ0n) is 17.9. The van der Waals surface area contributed by atoms with Crippen LogP contribution in [0.1, 0.15) is 34.0 Å². The largest absolute Gasteiger partial charge is 0.427 e. The summed E-state index contributed by atoms with van der Waals surface area (Å²) in [7, 11) is 0. The Morgan fingerprint density at radius 3 is 2.41 bits per heavy atom. The number of ether oxygens (including phenoxy) is 1.